The van der Waals surface area contributed by atoms with Gasteiger partial charge < -0.3 is 14.8 Å². The lowest BCUT2D eigenvalue weighted by Gasteiger charge is -2.19. The number of nitrogens with one attached hydrogen (secondary N) is 1. The molecule has 0 spiro atoms. The van der Waals surface area contributed by atoms with Gasteiger partial charge in [-0.3, -0.25) is 0 Å². The molecule has 0 aromatic heterocycles. The van der Waals surface area contributed by atoms with Crippen LogP contribution in [0.3, 0.4) is 0 Å². The van der Waals surface area contributed by atoms with Crippen molar-refractivity contribution in [1.29, 1.82) is 0 Å². The van der Waals surface area contributed by atoms with Crippen molar-refractivity contribution in [3.8, 4) is 11.5 Å². The molecule has 2 aromatic rings. The highest BCUT2D eigenvalue weighted by Crippen LogP contribution is 2.33. The quantitative estimate of drug-likeness (QED) is 0.878. The summed E-state index contributed by atoms with van der Waals surface area (Å²) in [5.74, 6) is 1.50. The molecule has 0 amide bonds. The summed E-state index contributed by atoms with van der Waals surface area (Å²) >= 11 is 6.22. The molecule has 0 bridgehead atoms. The van der Waals surface area contributed by atoms with Crippen molar-refractivity contribution in [3.05, 3.63) is 53.1 Å². The summed E-state index contributed by atoms with van der Waals surface area (Å²) in [6.45, 7) is 2.06. The SMILES string of the molecule is COc1ccc(NC(C)c2ccccc2Cl)c(OC)c1. The maximum Gasteiger partial charge on any atom is 0.145 e. The van der Waals surface area contributed by atoms with Gasteiger partial charge in [-0.05, 0) is 30.7 Å². The minimum Gasteiger partial charge on any atom is -0.497 e. The molecule has 106 valence electrons. The Hall–Kier alpha value is -1.87. The minimum absolute atomic E-state index is 0.0750. The highest BCUT2D eigenvalue weighted by atomic mass is 35.5. The van der Waals surface area contributed by atoms with Crippen LogP contribution in [-0.2, 0) is 0 Å². The van der Waals surface area contributed by atoms with E-state index in [1.807, 2.05) is 42.5 Å². The van der Waals surface area contributed by atoms with Crippen molar-refractivity contribution in [1.82, 2.24) is 0 Å². The van der Waals surface area contributed by atoms with Crippen molar-refractivity contribution >= 4 is 17.3 Å². The molecule has 0 saturated carbocycles. The highest BCUT2D eigenvalue weighted by Gasteiger charge is 2.12. The maximum absolute atomic E-state index is 6.22. The fourth-order valence-corrected chi connectivity index (χ4v) is 2.35. The van der Waals surface area contributed by atoms with Crippen molar-refractivity contribution < 1.29 is 9.47 Å². The lowest BCUT2D eigenvalue weighted by atomic mass is 10.1. The number of ether oxygens (including phenoxy) is 2. The van der Waals surface area contributed by atoms with Gasteiger partial charge >= 0.3 is 0 Å². The molecular formula is C16H18ClNO2. The molecule has 0 aliphatic carbocycles. The van der Waals surface area contributed by atoms with E-state index >= 15 is 0 Å². The predicted molar refractivity (Wildman–Crippen MR) is 83.0 cm³/mol. The number of rotatable bonds is 5. The van der Waals surface area contributed by atoms with E-state index in [9.17, 15) is 0 Å². The summed E-state index contributed by atoms with van der Waals surface area (Å²) in [6.07, 6.45) is 0. The third kappa shape index (κ3) is 3.17. The second kappa shape index (κ2) is 6.53. The van der Waals surface area contributed by atoms with Crippen molar-refractivity contribution in [2.45, 2.75) is 13.0 Å². The van der Waals surface area contributed by atoms with Crippen LogP contribution in [0.5, 0.6) is 11.5 Å². The zero-order chi connectivity index (χ0) is 14.5. The topological polar surface area (TPSA) is 30.5 Å². The maximum atomic E-state index is 6.22. The van der Waals surface area contributed by atoms with Crippen LogP contribution < -0.4 is 14.8 Å². The van der Waals surface area contributed by atoms with Gasteiger partial charge in [0.2, 0.25) is 0 Å². The first-order chi connectivity index (χ1) is 9.65. The monoisotopic (exact) mass is 291 g/mol. The van der Waals surface area contributed by atoms with E-state index in [0.717, 1.165) is 27.8 Å². The Morgan fingerprint density at radius 2 is 1.80 bits per heavy atom. The van der Waals surface area contributed by atoms with Crippen LogP contribution in [0.1, 0.15) is 18.5 Å². The van der Waals surface area contributed by atoms with Gasteiger partial charge in [0.05, 0.1) is 25.9 Å². The third-order valence-electron chi connectivity index (χ3n) is 3.15. The summed E-state index contributed by atoms with van der Waals surface area (Å²) in [4.78, 5) is 0. The molecule has 1 unspecified atom stereocenters. The number of hydrogen-bond acceptors (Lipinski definition) is 3. The van der Waals surface area contributed by atoms with Crippen molar-refractivity contribution in [2.75, 3.05) is 19.5 Å². The first-order valence-corrected chi connectivity index (χ1v) is 6.76. The molecular weight excluding hydrogens is 274 g/mol. The lowest BCUT2D eigenvalue weighted by Crippen LogP contribution is -2.08. The van der Waals surface area contributed by atoms with Crippen LogP contribution in [0.4, 0.5) is 5.69 Å². The lowest BCUT2D eigenvalue weighted by molar-refractivity contribution is 0.395. The first-order valence-electron chi connectivity index (χ1n) is 6.38. The number of hydrogen-bond donors (Lipinski definition) is 1. The van der Waals surface area contributed by atoms with Crippen LogP contribution in [0.15, 0.2) is 42.5 Å². The average molecular weight is 292 g/mol. The van der Waals surface area contributed by atoms with Gasteiger partial charge in [-0.1, -0.05) is 29.8 Å². The third-order valence-corrected chi connectivity index (χ3v) is 3.50. The predicted octanol–water partition coefficient (Wildman–Crippen LogP) is 4.53. The van der Waals surface area contributed by atoms with Gasteiger partial charge in [0.15, 0.2) is 0 Å². The Kier molecular flexibility index (Phi) is 4.74. The molecule has 0 fully saturated rings. The molecule has 3 nitrogen and oxygen atoms in total. The van der Waals surface area contributed by atoms with Gasteiger partial charge in [-0.15, -0.1) is 0 Å². The molecule has 0 aliphatic heterocycles. The van der Waals surface area contributed by atoms with Crippen LogP contribution in [0.25, 0.3) is 0 Å². The number of benzene rings is 2. The molecule has 0 radical (unpaired) electrons. The second-order valence-corrected chi connectivity index (χ2v) is 4.86. The Morgan fingerprint density at radius 1 is 1.05 bits per heavy atom. The summed E-state index contributed by atoms with van der Waals surface area (Å²) in [6, 6.07) is 13.6. The molecule has 2 rings (SSSR count). The summed E-state index contributed by atoms with van der Waals surface area (Å²) < 4.78 is 10.6. The van der Waals surface area contributed by atoms with Crippen molar-refractivity contribution in [2.24, 2.45) is 0 Å². The molecule has 1 N–H and O–H groups in total. The smallest absolute Gasteiger partial charge is 0.145 e. The number of halogens is 1. The molecule has 20 heavy (non-hydrogen) atoms. The fraction of sp³-hybridized carbons (Fsp3) is 0.250. The Bertz CT molecular complexity index is 586. The number of anilines is 1. The van der Waals surface area contributed by atoms with E-state index in [-0.39, 0.29) is 6.04 Å². The van der Waals surface area contributed by atoms with Gasteiger partial charge in [0.25, 0.3) is 0 Å². The van der Waals surface area contributed by atoms with Crippen LogP contribution in [-0.4, -0.2) is 14.2 Å². The van der Waals surface area contributed by atoms with E-state index < -0.39 is 0 Å². The molecule has 4 heteroatoms. The Labute approximate surface area is 124 Å². The van der Waals surface area contributed by atoms with Crippen LogP contribution in [0, 0.1) is 0 Å². The highest BCUT2D eigenvalue weighted by molar-refractivity contribution is 6.31. The molecule has 2 aromatic carbocycles. The average Bonchev–Trinajstić information content (AvgIpc) is 2.48. The van der Waals surface area contributed by atoms with E-state index in [2.05, 4.69) is 12.2 Å². The second-order valence-electron chi connectivity index (χ2n) is 4.45. The van der Waals surface area contributed by atoms with Gasteiger partial charge in [0.1, 0.15) is 11.5 Å². The zero-order valence-corrected chi connectivity index (χ0v) is 12.6. The largest absolute Gasteiger partial charge is 0.497 e. The molecule has 0 heterocycles. The minimum atomic E-state index is 0.0750. The van der Waals surface area contributed by atoms with Crippen LogP contribution >= 0.6 is 11.6 Å². The standard InChI is InChI=1S/C16H18ClNO2/c1-11(13-6-4-5-7-14(13)17)18-15-9-8-12(19-2)10-16(15)20-3/h4-11,18H,1-3H3. The van der Waals surface area contributed by atoms with E-state index in [1.54, 1.807) is 14.2 Å². The molecule has 1 atom stereocenters. The normalized spacial score (nSPS) is 11.8. The first kappa shape index (κ1) is 14.5. The van der Waals surface area contributed by atoms with E-state index in [4.69, 9.17) is 21.1 Å². The number of methoxy groups -OCH3 is 2. The van der Waals surface area contributed by atoms with Crippen molar-refractivity contribution in [3.63, 3.8) is 0 Å². The fourth-order valence-electron chi connectivity index (χ4n) is 2.06. The van der Waals surface area contributed by atoms with E-state index in [1.165, 1.54) is 0 Å². The Morgan fingerprint density at radius 3 is 2.45 bits per heavy atom. The van der Waals surface area contributed by atoms with Crippen LogP contribution in [0.2, 0.25) is 5.02 Å². The van der Waals surface area contributed by atoms with Gasteiger partial charge in [-0.25, -0.2) is 0 Å². The molecule has 0 aliphatic rings. The zero-order valence-electron chi connectivity index (χ0n) is 11.8. The molecule has 0 saturated heterocycles. The summed E-state index contributed by atoms with van der Waals surface area (Å²) in [5, 5.41) is 4.15. The van der Waals surface area contributed by atoms with Gasteiger partial charge in [0, 0.05) is 11.1 Å². The Balaban J connectivity index is 2.23. The van der Waals surface area contributed by atoms with E-state index in [0.29, 0.717) is 0 Å². The summed E-state index contributed by atoms with van der Waals surface area (Å²) in [5.41, 5.74) is 1.95. The van der Waals surface area contributed by atoms with Gasteiger partial charge in [-0.2, -0.15) is 0 Å². The summed E-state index contributed by atoms with van der Waals surface area (Å²) in [7, 11) is 3.27.